The van der Waals surface area contributed by atoms with Crippen LogP contribution in [-0.2, 0) is 9.47 Å². The number of amides is 3. The van der Waals surface area contributed by atoms with Crippen molar-refractivity contribution < 1.29 is 24.3 Å². The van der Waals surface area contributed by atoms with Crippen LogP contribution in [0.4, 0.5) is 9.59 Å². The number of urea groups is 1. The number of carbonyl (C=O) groups is 2. The fourth-order valence-corrected chi connectivity index (χ4v) is 3.25. The molecule has 2 N–H and O–H groups in total. The van der Waals surface area contributed by atoms with E-state index in [0.29, 0.717) is 39.3 Å². The van der Waals surface area contributed by atoms with Crippen LogP contribution in [0.2, 0.25) is 0 Å². The zero-order chi connectivity index (χ0) is 18.2. The normalized spacial score (nSPS) is 24.1. The zero-order valence-electron chi connectivity index (χ0n) is 14.0. The summed E-state index contributed by atoms with van der Waals surface area (Å²) >= 11 is 4.42. The largest absolute Gasteiger partial charge is 0.445 e. The van der Waals surface area contributed by atoms with Crippen molar-refractivity contribution in [3.8, 4) is 0 Å². The number of hydrogen-bond donors (Lipinski definition) is 3. The van der Waals surface area contributed by atoms with Crippen LogP contribution >= 0.6 is 12.6 Å². The number of ether oxygens (including phenoxy) is 2. The molecule has 0 bridgehead atoms. The summed E-state index contributed by atoms with van der Waals surface area (Å²) in [4.78, 5) is 27.4. The number of morpholine rings is 1. The minimum Gasteiger partial charge on any atom is -0.445 e. The van der Waals surface area contributed by atoms with Crippen LogP contribution in [0.1, 0.15) is 12.8 Å². The lowest BCUT2D eigenvalue weighted by molar-refractivity contribution is 0.0542. The molecule has 0 unspecified atom stereocenters. The van der Waals surface area contributed by atoms with Gasteiger partial charge >= 0.3 is 12.1 Å². The second kappa shape index (κ2) is 9.52. The van der Waals surface area contributed by atoms with Gasteiger partial charge < -0.3 is 24.5 Å². The van der Waals surface area contributed by atoms with Gasteiger partial charge in [-0.05, 0) is 6.42 Å². The van der Waals surface area contributed by atoms with E-state index in [4.69, 9.17) is 9.47 Å². The molecular formula is C15H24N4O5S. The fraction of sp³-hybridized carbons (Fsp3) is 0.667. The zero-order valence-corrected chi connectivity index (χ0v) is 14.9. The van der Waals surface area contributed by atoms with Crippen LogP contribution in [0.5, 0.6) is 0 Å². The third-order valence-corrected chi connectivity index (χ3v) is 4.42. The highest BCUT2D eigenvalue weighted by Gasteiger charge is 2.36. The molecule has 9 nitrogen and oxygen atoms in total. The second-order valence-electron chi connectivity index (χ2n) is 5.84. The summed E-state index contributed by atoms with van der Waals surface area (Å²) in [5, 5.41) is 15.0. The Balaban J connectivity index is 1.92. The lowest BCUT2D eigenvalue weighted by atomic mass is 10.1. The number of nitrogens with one attached hydrogen (secondary N) is 1. The minimum atomic E-state index is -0.474. The standard InChI is InChI=1S/C15H24N4O5S/c1-2-5-24-15(21)19-10-12(25)8-11(19)9-13(17-22)16-14(20)18-3-6-23-7-4-18/h2,11-12,22,25H,1,3-10H2,(H,16,17,20)/t11-,12-/m0/s1. The summed E-state index contributed by atoms with van der Waals surface area (Å²) in [6.07, 6.45) is 1.83. The van der Waals surface area contributed by atoms with Gasteiger partial charge in [0.2, 0.25) is 0 Å². The molecule has 140 valence electrons. The fourth-order valence-electron chi connectivity index (χ4n) is 2.83. The summed E-state index contributed by atoms with van der Waals surface area (Å²) in [6, 6.07) is -0.618. The molecule has 0 aromatic carbocycles. The Labute approximate surface area is 152 Å². The molecule has 2 rings (SSSR count). The van der Waals surface area contributed by atoms with E-state index >= 15 is 0 Å². The smallest absolute Gasteiger partial charge is 0.410 e. The van der Waals surface area contributed by atoms with Gasteiger partial charge in [0.05, 0.1) is 13.2 Å². The number of carbonyl (C=O) groups excluding carboxylic acids is 2. The maximum atomic E-state index is 12.2. The average molecular weight is 372 g/mol. The first-order chi connectivity index (χ1) is 12.0. The Morgan fingerprint density at radius 3 is 2.80 bits per heavy atom. The van der Waals surface area contributed by atoms with Crippen molar-refractivity contribution in [1.82, 2.24) is 15.1 Å². The van der Waals surface area contributed by atoms with E-state index in [9.17, 15) is 14.8 Å². The Morgan fingerprint density at radius 2 is 2.16 bits per heavy atom. The van der Waals surface area contributed by atoms with Gasteiger partial charge in [-0.15, -0.1) is 0 Å². The van der Waals surface area contributed by atoms with E-state index in [1.165, 1.54) is 11.0 Å². The Kier molecular flexibility index (Phi) is 7.38. The van der Waals surface area contributed by atoms with Gasteiger partial charge in [0.1, 0.15) is 6.61 Å². The first-order valence-corrected chi connectivity index (χ1v) is 8.63. The molecule has 2 atom stereocenters. The van der Waals surface area contributed by atoms with Crippen LogP contribution in [0.3, 0.4) is 0 Å². The van der Waals surface area contributed by atoms with Crippen molar-refractivity contribution in [3.63, 3.8) is 0 Å². The van der Waals surface area contributed by atoms with E-state index in [0.717, 1.165) is 0 Å². The summed E-state index contributed by atoms with van der Waals surface area (Å²) in [5.74, 6) is 0.102. The molecule has 25 heavy (non-hydrogen) atoms. The van der Waals surface area contributed by atoms with Gasteiger partial charge in [0.15, 0.2) is 5.84 Å². The van der Waals surface area contributed by atoms with Crippen LogP contribution in [0.15, 0.2) is 17.8 Å². The predicted molar refractivity (Wildman–Crippen MR) is 94.2 cm³/mol. The number of oxime groups is 1. The van der Waals surface area contributed by atoms with E-state index < -0.39 is 6.09 Å². The SMILES string of the molecule is C=CCOC(=O)N1C[C@@H](S)C[C@H]1C/C(=N/O)NC(=O)N1CCOCC1. The molecule has 0 spiro atoms. The van der Waals surface area contributed by atoms with E-state index in [1.54, 1.807) is 4.90 Å². The summed E-state index contributed by atoms with van der Waals surface area (Å²) < 4.78 is 10.3. The number of likely N-dealkylation sites (tertiary alicyclic amines) is 1. The minimum absolute atomic E-state index is 0.00355. The molecule has 2 saturated heterocycles. The van der Waals surface area contributed by atoms with E-state index in [-0.39, 0.29) is 36.2 Å². The molecule has 0 aromatic heterocycles. The van der Waals surface area contributed by atoms with Crippen molar-refractivity contribution >= 4 is 30.6 Å². The third-order valence-electron chi connectivity index (χ3n) is 4.05. The molecule has 0 radical (unpaired) electrons. The highest BCUT2D eigenvalue weighted by atomic mass is 32.1. The van der Waals surface area contributed by atoms with Gasteiger partial charge in [-0.3, -0.25) is 5.32 Å². The van der Waals surface area contributed by atoms with Crippen molar-refractivity contribution in [1.29, 1.82) is 0 Å². The molecule has 0 aromatic rings. The number of amidine groups is 1. The first kappa shape index (κ1) is 19.4. The Morgan fingerprint density at radius 1 is 1.44 bits per heavy atom. The lowest BCUT2D eigenvalue weighted by Gasteiger charge is -2.28. The van der Waals surface area contributed by atoms with Gasteiger partial charge in [-0.25, -0.2) is 9.59 Å². The van der Waals surface area contributed by atoms with Gasteiger partial charge in [-0.2, -0.15) is 12.6 Å². The van der Waals surface area contributed by atoms with Crippen molar-refractivity contribution in [2.75, 3.05) is 39.5 Å². The van der Waals surface area contributed by atoms with Crippen molar-refractivity contribution in [3.05, 3.63) is 12.7 Å². The molecule has 0 aliphatic carbocycles. The van der Waals surface area contributed by atoms with Gasteiger partial charge in [0.25, 0.3) is 0 Å². The molecule has 10 heteroatoms. The van der Waals surface area contributed by atoms with Crippen LogP contribution < -0.4 is 5.32 Å². The van der Waals surface area contributed by atoms with Crippen molar-refractivity contribution in [2.45, 2.75) is 24.1 Å². The molecule has 3 amide bonds. The molecule has 0 saturated carbocycles. The monoisotopic (exact) mass is 372 g/mol. The van der Waals surface area contributed by atoms with Crippen LogP contribution in [0.25, 0.3) is 0 Å². The van der Waals surface area contributed by atoms with Crippen molar-refractivity contribution in [2.24, 2.45) is 5.16 Å². The first-order valence-electron chi connectivity index (χ1n) is 8.12. The summed E-state index contributed by atoms with van der Waals surface area (Å²) in [6.45, 7) is 5.97. The second-order valence-corrected chi connectivity index (χ2v) is 6.57. The molecule has 2 heterocycles. The van der Waals surface area contributed by atoms with E-state index in [2.05, 4.69) is 29.7 Å². The maximum Gasteiger partial charge on any atom is 0.410 e. The third kappa shape index (κ3) is 5.53. The number of hydrogen-bond acceptors (Lipinski definition) is 7. The molecule has 2 aliphatic rings. The highest BCUT2D eigenvalue weighted by Crippen LogP contribution is 2.25. The average Bonchev–Trinajstić information content (AvgIpc) is 3.00. The van der Waals surface area contributed by atoms with E-state index in [1.807, 2.05) is 0 Å². The summed E-state index contributed by atoms with van der Waals surface area (Å²) in [7, 11) is 0. The lowest BCUT2D eigenvalue weighted by Crippen LogP contribution is -2.49. The Bertz CT molecular complexity index is 524. The molecular weight excluding hydrogens is 348 g/mol. The highest BCUT2D eigenvalue weighted by molar-refractivity contribution is 7.81. The summed E-state index contributed by atoms with van der Waals surface area (Å²) in [5.41, 5.74) is 0. The molecule has 2 aliphatic heterocycles. The number of nitrogens with zero attached hydrogens (tertiary/aromatic N) is 3. The Hall–Kier alpha value is -1.94. The van der Waals surface area contributed by atoms with Crippen LogP contribution in [0, 0.1) is 0 Å². The predicted octanol–water partition coefficient (Wildman–Crippen LogP) is 0.901. The topological polar surface area (TPSA) is 104 Å². The van der Waals surface area contributed by atoms with Gasteiger partial charge in [0, 0.05) is 37.3 Å². The number of thiol groups is 1. The van der Waals surface area contributed by atoms with Gasteiger partial charge in [-0.1, -0.05) is 17.8 Å². The number of rotatable bonds is 4. The molecule has 2 fully saturated rings. The maximum absolute atomic E-state index is 12.2. The quantitative estimate of drug-likeness (QED) is 0.170. The van der Waals surface area contributed by atoms with Crippen LogP contribution in [-0.4, -0.2) is 83.7 Å².